The molecular weight excluding hydrogens is 203 g/mol. The summed E-state index contributed by atoms with van der Waals surface area (Å²) in [6, 6.07) is 3.98. The Hall–Kier alpha value is -1.35. The molecule has 4 rings (SSSR count). The lowest BCUT2D eigenvalue weighted by Crippen LogP contribution is -2.49. The lowest BCUT2D eigenvalue weighted by atomic mass is 9.52. The van der Waals surface area contributed by atoms with Crippen LogP contribution in [0.25, 0.3) is 0 Å². The Labute approximate surface area is 94.4 Å². The van der Waals surface area contributed by atoms with E-state index in [1.54, 1.807) is 0 Å². The van der Waals surface area contributed by atoms with E-state index in [0.717, 1.165) is 18.4 Å². The van der Waals surface area contributed by atoms with Gasteiger partial charge in [-0.05, 0) is 55.4 Å². The van der Waals surface area contributed by atoms with Gasteiger partial charge in [-0.15, -0.1) is 0 Å². The van der Waals surface area contributed by atoms with E-state index in [1.165, 1.54) is 0 Å². The molecule has 0 saturated heterocycles. The summed E-state index contributed by atoms with van der Waals surface area (Å²) in [6.45, 7) is 0. The number of hydrogen-bond acceptors (Lipinski definition) is 2. The van der Waals surface area contributed by atoms with Crippen LogP contribution in [0, 0.1) is 40.4 Å². The Morgan fingerprint density at radius 2 is 1.69 bits per heavy atom. The van der Waals surface area contributed by atoms with E-state index in [0.29, 0.717) is 25.2 Å². The maximum Gasteiger partial charge on any atom is 0.129 e. The van der Waals surface area contributed by atoms with Gasteiger partial charge in [0.15, 0.2) is 0 Å². The molecule has 0 heterocycles. The molecule has 16 heavy (non-hydrogen) atoms. The van der Waals surface area contributed by atoms with Crippen molar-refractivity contribution in [2.45, 2.75) is 37.8 Å². The van der Waals surface area contributed by atoms with Gasteiger partial charge in [0.05, 0.1) is 0 Å². The van der Waals surface area contributed by atoms with Gasteiger partial charge in [0.2, 0.25) is 0 Å². The number of nitrogens with zero attached hydrogens (tertiary/aromatic N) is 2. The van der Waals surface area contributed by atoms with Crippen LogP contribution in [0.5, 0.6) is 0 Å². The third kappa shape index (κ3) is 1.21. The lowest BCUT2D eigenvalue weighted by Gasteiger charge is -2.54. The van der Waals surface area contributed by atoms with Crippen LogP contribution >= 0.6 is 0 Å². The molecule has 0 radical (unpaired) electrons. The van der Waals surface area contributed by atoms with Gasteiger partial charge in [-0.2, -0.15) is 10.5 Å². The van der Waals surface area contributed by atoms with E-state index < -0.39 is 5.67 Å². The van der Waals surface area contributed by atoms with E-state index in [2.05, 4.69) is 0 Å². The van der Waals surface area contributed by atoms with Gasteiger partial charge in [0.1, 0.15) is 23.4 Å². The molecule has 2 nitrogen and oxygen atoms in total. The number of alkyl halides is 1. The summed E-state index contributed by atoms with van der Waals surface area (Å²) in [4.78, 5) is 0. The Morgan fingerprint density at radius 1 is 1.12 bits per heavy atom. The molecule has 4 bridgehead atoms. The zero-order valence-electron chi connectivity index (χ0n) is 9.04. The Kier molecular flexibility index (Phi) is 1.89. The van der Waals surface area contributed by atoms with Gasteiger partial charge in [-0.3, -0.25) is 0 Å². The van der Waals surface area contributed by atoms with Crippen molar-refractivity contribution < 1.29 is 4.39 Å². The average Bonchev–Trinajstić information content (AvgIpc) is 2.21. The molecule has 0 amide bonds. The highest BCUT2D eigenvalue weighted by Crippen LogP contribution is 2.60. The monoisotopic (exact) mass is 216 g/mol. The fraction of sp³-hybridized carbons (Fsp3) is 0.692. The molecule has 4 fully saturated rings. The van der Waals surface area contributed by atoms with Crippen molar-refractivity contribution in [1.82, 2.24) is 0 Å². The Balaban J connectivity index is 2.05. The first-order chi connectivity index (χ1) is 7.65. The van der Waals surface area contributed by atoms with Gasteiger partial charge in [0.25, 0.3) is 0 Å². The minimum absolute atomic E-state index is 0.172. The van der Waals surface area contributed by atoms with E-state index in [-0.39, 0.29) is 17.4 Å². The summed E-state index contributed by atoms with van der Waals surface area (Å²) in [5.74, 6) is 0.834. The minimum atomic E-state index is -0.990. The van der Waals surface area contributed by atoms with Crippen LogP contribution in [0.2, 0.25) is 0 Å². The molecule has 0 aromatic rings. The molecular formula is C13H13FN2. The first-order valence-electron chi connectivity index (χ1n) is 5.88. The molecule has 4 atom stereocenters. The second kappa shape index (κ2) is 3.08. The number of allylic oxidation sites excluding steroid dienone is 2. The molecule has 0 aromatic carbocycles. The second-order valence-corrected chi connectivity index (χ2v) is 5.55. The zero-order valence-corrected chi connectivity index (χ0v) is 9.04. The minimum Gasteiger partial charge on any atom is -0.244 e. The van der Waals surface area contributed by atoms with Crippen LogP contribution in [0.3, 0.4) is 0 Å². The quantitative estimate of drug-likeness (QED) is 0.584. The maximum absolute atomic E-state index is 14.3. The van der Waals surface area contributed by atoms with Crippen LogP contribution in [0.4, 0.5) is 4.39 Å². The van der Waals surface area contributed by atoms with Gasteiger partial charge in [-0.1, -0.05) is 0 Å². The standard InChI is InChI=1S/C13H13FN2/c14-13-3-8-1-9(4-13)12(10(2-8)5-13)11(6-15)7-16/h8-10H,1-5H2/t8?,9-,10+,13?. The zero-order chi connectivity index (χ0) is 11.3. The predicted molar refractivity (Wildman–Crippen MR) is 55.6 cm³/mol. The lowest BCUT2D eigenvalue weighted by molar-refractivity contribution is -0.0411. The largest absolute Gasteiger partial charge is 0.244 e. The molecule has 0 aliphatic heterocycles. The molecule has 4 aliphatic rings. The maximum atomic E-state index is 14.3. The van der Waals surface area contributed by atoms with E-state index in [9.17, 15) is 4.39 Å². The fourth-order valence-corrected chi connectivity index (χ4v) is 4.25. The number of rotatable bonds is 0. The molecule has 0 spiro atoms. The van der Waals surface area contributed by atoms with Crippen LogP contribution in [0.1, 0.15) is 32.1 Å². The molecule has 0 aromatic heterocycles. The Bertz CT molecular complexity index is 418. The first-order valence-corrected chi connectivity index (χ1v) is 5.88. The third-order valence-corrected chi connectivity index (χ3v) is 4.51. The van der Waals surface area contributed by atoms with E-state index in [1.807, 2.05) is 12.1 Å². The van der Waals surface area contributed by atoms with Crippen LogP contribution < -0.4 is 0 Å². The highest BCUT2D eigenvalue weighted by molar-refractivity contribution is 5.44. The summed E-state index contributed by atoms with van der Waals surface area (Å²) in [6.07, 6.45) is 3.78. The van der Waals surface area contributed by atoms with Crippen molar-refractivity contribution in [1.29, 1.82) is 10.5 Å². The SMILES string of the molecule is N#CC(C#N)=C1[C@@H]2CC3C[C@H]1CC(F)(C3)C2. The molecule has 82 valence electrons. The summed E-state index contributed by atoms with van der Waals surface area (Å²) in [5.41, 5.74) is 0.252. The van der Waals surface area contributed by atoms with Gasteiger partial charge < -0.3 is 0 Å². The molecule has 2 unspecified atom stereocenters. The van der Waals surface area contributed by atoms with Crippen LogP contribution in [0.15, 0.2) is 11.1 Å². The highest BCUT2D eigenvalue weighted by Gasteiger charge is 2.54. The van der Waals surface area contributed by atoms with Crippen molar-refractivity contribution in [3.8, 4) is 12.1 Å². The smallest absolute Gasteiger partial charge is 0.129 e. The number of nitriles is 2. The topological polar surface area (TPSA) is 47.6 Å². The van der Waals surface area contributed by atoms with Crippen LogP contribution in [-0.4, -0.2) is 5.67 Å². The van der Waals surface area contributed by atoms with E-state index in [4.69, 9.17) is 10.5 Å². The average molecular weight is 216 g/mol. The predicted octanol–water partition coefficient (Wildman–Crippen LogP) is 2.88. The normalized spacial score (nSPS) is 43.9. The third-order valence-electron chi connectivity index (χ3n) is 4.51. The van der Waals surface area contributed by atoms with Gasteiger partial charge >= 0.3 is 0 Å². The summed E-state index contributed by atoms with van der Waals surface area (Å²) in [7, 11) is 0. The van der Waals surface area contributed by atoms with Crippen molar-refractivity contribution in [2.75, 3.05) is 0 Å². The number of hydrogen-bond donors (Lipinski definition) is 0. The van der Waals surface area contributed by atoms with Crippen molar-refractivity contribution in [2.24, 2.45) is 17.8 Å². The molecule has 4 saturated carbocycles. The van der Waals surface area contributed by atoms with Crippen molar-refractivity contribution in [3.05, 3.63) is 11.1 Å². The van der Waals surface area contributed by atoms with Gasteiger partial charge in [-0.25, -0.2) is 4.39 Å². The summed E-state index contributed by atoms with van der Waals surface area (Å²) < 4.78 is 14.3. The van der Waals surface area contributed by atoms with Gasteiger partial charge in [0, 0.05) is 0 Å². The van der Waals surface area contributed by atoms with Crippen molar-refractivity contribution in [3.63, 3.8) is 0 Å². The summed E-state index contributed by atoms with van der Waals surface area (Å²) in [5, 5.41) is 17.9. The van der Waals surface area contributed by atoms with Crippen LogP contribution in [-0.2, 0) is 0 Å². The molecule has 4 aliphatic carbocycles. The first kappa shape index (κ1) is 9.85. The highest BCUT2D eigenvalue weighted by atomic mass is 19.1. The Morgan fingerprint density at radius 3 is 2.12 bits per heavy atom. The molecule has 0 N–H and O–H groups in total. The fourth-order valence-electron chi connectivity index (χ4n) is 4.25. The number of halogens is 1. The second-order valence-electron chi connectivity index (χ2n) is 5.55. The van der Waals surface area contributed by atoms with Crippen molar-refractivity contribution >= 4 is 0 Å². The van der Waals surface area contributed by atoms with E-state index >= 15 is 0 Å². The summed E-state index contributed by atoms with van der Waals surface area (Å²) >= 11 is 0. The molecule has 3 heteroatoms.